The maximum atomic E-state index is 11.8. The lowest BCUT2D eigenvalue weighted by atomic mass is 10.2. The van der Waals surface area contributed by atoms with Gasteiger partial charge in [0.05, 0.1) is 6.54 Å². The van der Waals surface area contributed by atoms with Gasteiger partial charge in [-0.3, -0.25) is 4.79 Å². The quantitative estimate of drug-likeness (QED) is 0.836. The second-order valence-corrected chi connectivity index (χ2v) is 8.38. The van der Waals surface area contributed by atoms with Crippen molar-refractivity contribution >= 4 is 43.2 Å². The number of carbonyl (C=O) groups excluding carboxylic acids is 1. The second-order valence-electron chi connectivity index (χ2n) is 4.06. The van der Waals surface area contributed by atoms with Crippen LogP contribution in [0.15, 0.2) is 15.9 Å². The minimum atomic E-state index is -3.46. The monoisotopic (exact) mass is 323 g/mol. The number of halogens is 1. The summed E-state index contributed by atoms with van der Waals surface area (Å²) in [6.45, 7) is 3.01. The molecule has 7 heteroatoms. The van der Waals surface area contributed by atoms with Crippen LogP contribution >= 0.6 is 27.3 Å². The minimum Gasteiger partial charge on any atom is -0.272 e. The van der Waals surface area contributed by atoms with Crippen molar-refractivity contribution < 1.29 is 13.2 Å². The molecule has 0 saturated carbocycles. The summed E-state index contributed by atoms with van der Waals surface area (Å²) in [5, 5.41) is 1.86. The molecule has 2 rings (SSSR count). The van der Waals surface area contributed by atoms with E-state index in [2.05, 4.69) is 15.9 Å². The van der Waals surface area contributed by atoms with Gasteiger partial charge in [-0.05, 0) is 35.8 Å². The summed E-state index contributed by atoms with van der Waals surface area (Å²) in [6, 6.07) is 1.82. The lowest BCUT2D eigenvalue weighted by Gasteiger charge is -2.42. The number of amides is 1. The van der Waals surface area contributed by atoms with E-state index in [0.717, 1.165) is 13.7 Å². The molecule has 1 fully saturated rings. The molecule has 1 aliphatic rings. The normalized spacial score (nSPS) is 21.9. The predicted octanol–water partition coefficient (Wildman–Crippen LogP) is 1.96. The van der Waals surface area contributed by atoms with Crippen LogP contribution in [0, 0.1) is 0 Å². The first-order chi connectivity index (χ1) is 7.26. The van der Waals surface area contributed by atoms with Crippen LogP contribution in [0.5, 0.6) is 0 Å². The van der Waals surface area contributed by atoms with Crippen molar-refractivity contribution in [3.05, 3.63) is 20.8 Å². The van der Waals surface area contributed by atoms with E-state index in [1.165, 1.54) is 25.2 Å². The van der Waals surface area contributed by atoms with Gasteiger partial charge in [-0.1, -0.05) is 0 Å². The van der Waals surface area contributed by atoms with Gasteiger partial charge in [-0.25, -0.2) is 12.7 Å². The number of nitrogens with zero attached hydrogens (tertiary/aromatic N) is 1. The molecular weight excluding hydrogens is 314 g/mol. The maximum Gasteiger partial charge on any atom is 0.259 e. The van der Waals surface area contributed by atoms with Gasteiger partial charge in [0.15, 0.2) is 4.75 Å². The highest BCUT2D eigenvalue weighted by Gasteiger charge is 2.59. The molecule has 1 amide bonds. The highest BCUT2D eigenvalue weighted by molar-refractivity contribution is 9.10. The van der Waals surface area contributed by atoms with Gasteiger partial charge in [-0.15, -0.1) is 11.3 Å². The highest BCUT2D eigenvalue weighted by Crippen LogP contribution is 2.37. The van der Waals surface area contributed by atoms with Crippen molar-refractivity contribution in [3.63, 3.8) is 0 Å². The fourth-order valence-corrected chi connectivity index (χ4v) is 4.52. The Hall–Kier alpha value is -0.400. The van der Waals surface area contributed by atoms with Gasteiger partial charge in [-0.2, -0.15) is 0 Å². The van der Waals surface area contributed by atoms with Gasteiger partial charge in [0.1, 0.15) is 0 Å². The molecule has 1 saturated heterocycles. The predicted molar refractivity (Wildman–Crippen MR) is 65.6 cm³/mol. The Morgan fingerprint density at radius 2 is 2.12 bits per heavy atom. The SMILES string of the molecule is CC1(C)C(=O)N(Cc2cc(Br)cs2)S1(=O)=O. The summed E-state index contributed by atoms with van der Waals surface area (Å²) in [4.78, 5) is 12.5. The molecule has 0 N–H and O–H groups in total. The molecule has 0 atom stereocenters. The molecule has 16 heavy (non-hydrogen) atoms. The average Bonchev–Trinajstić information content (AvgIpc) is 2.59. The van der Waals surface area contributed by atoms with Crippen LogP contribution in [0.2, 0.25) is 0 Å². The zero-order valence-electron chi connectivity index (χ0n) is 8.73. The Kier molecular flexibility index (Phi) is 2.67. The van der Waals surface area contributed by atoms with Gasteiger partial charge in [0.25, 0.3) is 15.9 Å². The molecule has 1 aromatic rings. The molecule has 0 spiro atoms. The van der Waals surface area contributed by atoms with Gasteiger partial charge in [0, 0.05) is 14.7 Å². The zero-order valence-corrected chi connectivity index (χ0v) is 11.9. The number of sulfonamides is 1. The van der Waals surface area contributed by atoms with Crippen LogP contribution in [0.3, 0.4) is 0 Å². The topological polar surface area (TPSA) is 54.5 Å². The Morgan fingerprint density at radius 3 is 2.56 bits per heavy atom. The van der Waals surface area contributed by atoms with Crippen molar-refractivity contribution in [2.75, 3.05) is 0 Å². The lowest BCUT2D eigenvalue weighted by molar-refractivity contribution is -0.132. The number of carbonyl (C=O) groups is 1. The molecule has 1 aliphatic heterocycles. The highest BCUT2D eigenvalue weighted by atomic mass is 79.9. The summed E-state index contributed by atoms with van der Waals surface area (Å²) in [7, 11) is -3.46. The Labute approximate surface area is 106 Å². The summed E-state index contributed by atoms with van der Waals surface area (Å²) in [5.74, 6) is -0.336. The third-order valence-electron chi connectivity index (χ3n) is 2.60. The molecular formula is C9H10BrNO3S2. The van der Waals surface area contributed by atoms with Gasteiger partial charge < -0.3 is 0 Å². The van der Waals surface area contributed by atoms with Gasteiger partial charge in [0.2, 0.25) is 0 Å². The lowest BCUT2D eigenvalue weighted by Crippen LogP contribution is -2.66. The fourth-order valence-electron chi connectivity index (χ4n) is 1.49. The summed E-state index contributed by atoms with van der Waals surface area (Å²) >= 11 is 4.71. The fraction of sp³-hybridized carbons (Fsp3) is 0.444. The van der Waals surface area contributed by atoms with Crippen LogP contribution in [-0.4, -0.2) is 23.4 Å². The van der Waals surface area contributed by atoms with Crippen molar-refractivity contribution in [3.8, 4) is 0 Å². The van der Waals surface area contributed by atoms with E-state index in [4.69, 9.17) is 0 Å². The average molecular weight is 324 g/mol. The minimum absolute atomic E-state index is 0.140. The van der Waals surface area contributed by atoms with E-state index < -0.39 is 14.8 Å². The third-order valence-corrected chi connectivity index (χ3v) is 6.62. The second kappa shape index (κ2) is 3.54. The van der Waals surface area contributed by atoms with Crippen LogP contribution in [0.4, 0.5) is 0 Å². The van der Waals surface area contributed by atoms with Crippen molar-refractivity contribution in [2.45, 2.75) is 25.1 Å². The van der Waals surface area contributed by atoms with Crippen molar-refractivity contribution in [2.24, 2.45) is 0 Å². The number of hydrogen-bond acceptors (Lipinski definition) is 4. The number of hydrogen-bond donors (Lipinski definition) is 0. The Balaban J connectivity index is 2.23. The van der Waals surface area contributed by atoms with Crippen molar-refractivity contribution in [1.82, 2.24) is 4.31 Å². The molecule has 0 unspecified atom stereocenters. The molecule has 1 aromatic heterocycles. The van der Waals surface area contributed by atoms with Gasteiger partial charge >= 0.3 is 0 Å². The molecule has 2 heterocycles. The number of rotatable bonds is 2. The van der Waals surface area contributed by atoms with Crippen LogP contribution in [0.25, 0.3) is 0 Å². The smallest absolute Gasteiger partial charge is 0.259 e. The van der Waals surface area contributed by atoms with E-state index in [-0.39, 0.29) is 12.5 Å². The van der Waals surface area contributed by atoms with Crippen LogP contribution < -0.4 is 0 Å². The standard InChI is InChI=1S/C9H10BrNO3S2/c1-9(2)8(12)11(16(9,13)14)4-7-3-6(10)5-15-7/h3,5H,4H2,1-2H3. The van der Waals surface area contributed by atoms with Crippen LogP contribution in [0.1, 0.15) is 18.7 Å². The molecule has 0 bridgehead atoms. The number of thiophene rings is 1. The first-order valence-corrected chi connectivity index (χ1v) is 7.68. The summed E-state index contributed by atoms with van der Waals surface area (Å²) < 4.78 is 24.2. The van der Waals surface area contributed by atoms with E-state index >= 15 is 0 Å². The maximum absolute atomic E-state index is 11.8. The molecule has 4 nitrogen and oxygen atoms in total. The van der Waals surface area contributed by atoms with Crippen molar-refractivity contribution in [1.29, 1.82) is 0 Å². The van der Waals surface area contributed by atoms with E-state index in [1.807, 2.05) is 11.4 Å². The van der Waals surface area contributed by atoms with E-state index in [1.54, 1.807) is 0 Å². The first kappa shape index (κ1) is 12.1. The third kappa shape index (κ3) is 1.53. The van der Waals surface area contributed by atoms with Crippen LogP contribution in [-0.2, 0) is 21.4 Å². The van der Waals surface area contributed by atoms with E-state index in [0.29, 0.717) is 0 Å². The van der Waals surface area contributed by atoms with E-state index in [9.17, 15) is 13.2 Å². The summed E-state index contributed by atoms with van der Waals surface area (Å²) in [6.07, 6.45) is 0. The zero-order chi connectivity index (χ0) is 12.1. The molecule has 88 valence electrons. The first-order valence-electron chi connectivity index (χ1n) is 4.56. The molecule has 0 aromatic carbocycles. The molecule has 0 radical (unpaired) electrons. The molecule has 0 aliphatic carbocycles. The Morgan fingerprint density at radius 1 is 1.50 bits per heavy atom. The summed E-state index contributed by atoms with van der Waals surface area (Å²) in [5.41, 5.74) is 0. The largest absolute Gasteiger partial charge is 0.272 e. The Bertz CT molecular complexity index is 547.